The molecule has 0 atom stereocenters. The van der Waals surface area contributed by atoms with Crippen LogP contribution < -0.4 is 5.32 Å². The summed E-state index contributed by atoms with van der Waals surface area (Å²) in [6, 6.07) is 12.9. The second-order valence-electron chi connectivity index (χ2n) is 5.75. The number of benzene rings is 2. The van der Waals surface area contributed by atoms with E-state index in [0.717, 1.165) is 5.56 Å². The first-order valence-corrected chi connectivity index (χ1v) is 9.99. The van der Waals surface area contributed by atoms with Crippen LogP contribution in [0, 0.1) is 0 Å². The first-order valence-electron chi connectivity index (χ1n) is 8.55. The highest BCUT2D eigenvalue weighted by atomic mass is 32.2. The number of amides is 1. The molecule has 2 rings (SSSR count). The van der Waals surface area contributed by atoms with Gasteiger partial charge in [-0.3, -0.25) is 4.79 Å². The highest BCUT2D eigenvalue weighted by molar-refractivity contribution is 7.89. The van der Waals surface area contributed by atoms with Crippen LogP contribution in [-0.4, -0.2) is 43.4 Å². The molecule has 0 spiro atoms. The molecule has 0 bridgehead atoms. The average Bonchev–Trinajstić information content (AvgIpc) is 2.64. The number of carbonyl (C=O) groups excluding carboxylic acids is 1. The number of hydrogen-bond acceptors (Lipinski definition) is 4. The van der Waals surface area contributed by atoms with Gasteiger partial charge < -0.3 is 10.4 Å². The number of para-hydroxylation sites is 1. The van der Waals surface area contributed by atoms with Crippen LogP contribution in [-0.2, 0) is 16.4 Å². The maximum absolute atomic E-state index is 12.4. The zero-order valence-electron chi connectivity index (χ0n) is 15.0. The Morgan fingerprint density at radius 3 is 2.23 bits per heavy atom. The topological polar surface area (TPSA) is 86.7 Å². The van der Waals surface area contributed by atoms with Crippen molar-refractivity contribution in [1.29, 1.82) is 0 Å². The van der Waals surface area contributed by atoms with E-state index in [1.807, 2.05) is 6.07 Å². The minimum atomic E-state index is -3.53. The van der Waals surface area contributed by atoms with Crippen LogP contribution in [0.2, 0.25) is 0 Å². The van der Waals surface area contributed by atoms with E-state index in [9.17, 15) is 18.3 Å². The third-order valence-electron chi connectivity index (χ3n) is 4.13. The lowest BCUT2D eigenvalue weighted by Crippen LogP contribution is -2.30. The van der Waals surface area contributed by atoms with Crippen molar-refractivity contribution in [3.05, 3.63) is 59.7 Å². The monoisotopic (exact) mass is 376 g/mol. The number of hydrogen-bond donors (Lipinski definition) is 2. The van der Waals surface area contributed by atoms with E-state index in [1.165, 1.54) is 28.6 Å². The van der Waals surface area contributed by atoms with Crippen LogP contribution in [0.15, 0.2) is 53.4 Å². The standard InChI is InChI=1S/C19H24N2O4S/c1-3-21(4-2)26(24,25)17-11-9-16(10-12-17)19(23)20-14-13-15-7-5-6-8-18(15)22/h5-12,22H,3-4,13-14H2,1-2H3,(H,20,23). The summed E-state index contributed by atoms with van der Waals surface area (Å²) >= 11 is 0. The van der Waals surface area contributed by atoms with Crippen molar-refractivity contribution in [3.63, 3.8) is 0 Å². The molecule has 0 saturated carbocycles. The highest BCUT2D eigenvalue weighted by Gasteiger charge is 2.21. The Hall–Kier alpha value is -2.38. The summed E-state index contributed by atoms with van der Waals surface area (Å²) < 4.78 is 26.2. The number of sulfonamides is 1. The van der Waals surface area contributed by atoms with Gasteiger partial charge in [-0.25, -0.2) is 8.42 Å². The van der Waals surface area contributed by atoms with Crippen LogP contribution in [0.3, 0.4) is 0 Å². The maximum atomic E-state index is 12.4. The van der Waals surface area contributed by atoms with Crippen molar-refractivity contribution in [2.75, 3.05) is 19.6 Å². The Balaban J connectivity index is 1.99. The molecule has 2 N–H and O–H groups in total. The van der Waals surface area contributed by atoms with Gasteiger partial charge in [-0.15, -0.1) is 0 Å². The van der Waals surface area contributed by atoms with Gasteiger partial charge in [-0.1, -0.05) is 32.0 Å². The van der Waals surface area contributed by atoms with Gasteiger partial charge in [0.15, 0.2) is 0 Å². The molecule has 0 aliphatic rings. The molecule has 140 valence electrons. The zero-order chi connectivity index (χ0) is 19.2. The molecule has 0 heterocycles. The molecular formula is C19H24N2O4S. The van der Waals surface area contributed by atoms with E-state index in [1.54, 1.807) is 32.0 Å². The number of phenols is 1. The predicted molar refractivity (Wildman–Crippen MR) is 101 cm³/mol. The van der Waals surface area contributed by atoms with E-state index in [2.05, 4.69) is 5.32 Å². The molecular weight excluding hydrogens is 352 g/mol. The van der Waals surface area contributed by atoms with E-state index in [-0.39, 0.29) is 16.6 Å². The van der Waals surface area contributed by atoms with Crippen LogP contribution in [0.1, 0.15) is 29.8 Å². The number of carbonyl (C=O) groups is 1. The number of aromatic hydroxyl groups is 1. The second-order valence-corrected chi connectivity index (χ2v) is 7.69. The summed E-state index contributed by atoms with van der Waals surface area (Å²) in [5, 5.41) is 12.5. The fraction of sp³-hybridized carbons (Fsp3) is 0.316. The SMILES string of the molecule is CCN(CC)S(=O)(=O)c1ccc(C(=O)NCCc2ccccc2O)cc1. The Morgan fingerprint density at radius 1 is 1.04 bits per heavy atom. The molecule has 26 heavy (non-hydrogen) atoms. The Bertz CT molecular complexity index is 844. The first-order chi connectivity index (χ1) is 12.4. The lowest BCUT2D eigenvalue weighted by Gasteiger charge is -2.18. The van der Waals surface area contributed by atoms with Gasteiger partial charge in [0.2, 0.25) is 10.0 Å². The summed E-state index contributed by atoms with van der Waals surface area (Å²) in [6.45, 7) is 4.73. The molecule has 0 aliphatic carbocycles. The van der Waals surface area contributed by atoms with Crippen molar-refractivity contribution >= 4 is 15.9 Å². The van der Waals surface area contributed by atoms with Crippen LogP contribution >= 0.6 is 0 Å². The summed E-state index contributed by atoms with van der Waals surface area (Å²) in [7, 11) is -3.53. The molecule has 0 saturated heterocycles. The molecule has 2 aromatic carbocycles. The van der Waals surface area contributed by atoms with Crippen molar-refractivity contribution < 1.29 is 18.3 Å². The Morgan fingerprint density at radius 2 is 1.65 bits per heavy atom. The second kappa shape index (κ2) is 8.82. The van der Waals surface area contributed by atoms with Gasteiger partial charge in [0.25, 0.3) is 5.91 Å². The molecule has 0 fully saturated rings. The van der Waals surface area contributed by atoms with Gasteiger partial charge in [0.1, 0.15) is 5.75 Å². The quantitative estimate of drug-likeness (QED) is 0.741. The highest BCUT2D eigenvalue weighted by Crippen LogP contribution is 2.17. The predicted octanol–water partition coefficient (Wildman–Crippen LogP) is 2.40. The molecule has 0 aliphatic heterocycles. The molecule has 2 aromatic rings. The largest absolute Gasteiger partial charge is 0.508 e. The number of rotatable bonds is 8. The summed E-state index contributed by atoms with van der Waals surface area (Å²) in [6.07, 6.45) is 0.507. The van der Waals surface area contributed by atoms with Crippen LogP contribution in [0.25, 0.3) is 0 Å². The van der Waals surface area contributed by atoms with E-state index in [4.69, 9.17) is 0 Å². The summed E-state index contributed by atoms with van der Waals surface area (Å²) in [5.41, 5.74) is 1.15. The summed E-state index contributed by atoms with van der Waals surface area (Å²) in [4.78, 5) is 12.4. The maximum Gasteiger partial charge on any atom is 0.251 e. The number of nitrogens with zero attached hydrogens (tertiary/aromatic N) is 1. The molecule has 0 aromatic heterocycles. The lowest BCUT2D eigenvalue weighted by atomic mass is 10.1. The van der Waals surface area contributed by atoms with Crippen molar-refractivity contribution in [2.45, 2.75) is 25.2 Å². The Kier molecular flexibility index (Phi) is 6.76. The van der Waals surface area contributed by atoms with Gasteiger partial charge in [-0.05, 0) is 42.3 Å². The van der Waals surface area contributed by atoms with Crippen molar-refractivity contribution in [3.8, 4) is 5.75 Å². The van der Waals surface area contributed by atoms with Gasteiger partial charge in [0.05, 0.1) is 4.90 Å². The molecule has 0 unspecified atom stereocenters. The minimum absolute atomic E-state index is 0.173. The molecule has 1 amide bonds. The average molecular weight is 376 g/mol. The fourth-order valence-electron chi connectivity index (χ4n) is 2.63. The third-order valence-corrected chi connectivity index (χ3v) is 6.20. The fourth-order valence-corrected chi connectivity index (χ4v) is 4.08. The van der Waals surface area contributed by atoms with E-state index >= 15 is 0 Å². The minimum Gasteiger partial charge on any atom is -0.508 e. The van der Waals surface area contributed by atoms with Gasteiger partial charge in [-0.2, -0.15) is 4.31 Å². The summed E-state index contributed by atoms with van der Waals surface area (Å²) in [5.74, 6) is -0.0834. The number of phenolic OH excluding ortho intramolecular Hbond substituents is 1. The zero-order valence-corrected chi connectivity index (χ0v) is 15.8. The smallest absolute Gasteiger partial charge is 0.251 e. The van der Waals surface area contributed by atoms with Gasteiger partial charge >= 0.3 is 0 Å². The molecule has 6 nitrogen and oxygen atoms in total. The number of nitrogens with one attached hydrogen (secondary N) is 1. The van der Waals surface area contributed by atoms with E-state index < -0.39 is 10.0 Å². The molecule has 0 radical (unpaired) electrons. The first kappa shape index (κ1) is 19.9. The van der Waals surface area contributed by atoms with Crippen molar-refractivity contribution in [2.24, 2.45) is 0 Å². The van der Waals surface area contributed by atoms with Gasteiger partial charge in [0, 0.05) is 25.2 Å². The Labute approximate surface area is 154 Å². The van der Waals surface area contributed by atoms with Crippen LogP contribution in [0.4, 0.5) is 0 Å². The lowest BCUT2D eigenvalue weighted by molar-refractivity contribution is 0.0954. The normalized spacial score (nSPS) is 11.5. The molecule has 7 heteroatoms. The van der Waals surface area contributed by atoms with Crippen molar-refractivity contribution in [1.82, 2.24) is 9.62 Å². The van der Waals surface area contributed by atoms with Crippen LogP contribution in [0.5, 0.6) is 5.75 Å². The van der Waals surface area contributed by atoms with E-state index in [0.29, 0.717) is 31.6 Å². The third kappa shape index (κ3) is 4.62.